The molecule has 0 saturated heterocycles. The molecule has 0 aliphatic heterocycles. The SMILES string of the molecule is Nc1nc(-c2cnc[nH]2)ccc1[N+](=O)[O-]. The number of hydrogen-bond acceptors (Lipinski definition) is 5. The Morgan fingerprint density at radius 2 is 2.27 bits per heavy atom. The molecule has 3 N–H and O–H groups in total. The molecule has 0 amide bonds. The second-order valence-corrected chi connectivity index (χ2v) is 2.82. The Kier molecular flexibility index (Phi) is 2.05. The third-order valence-electron chi connectivity index (χ3n) is 1.87. The van der Waals surface area contributed by atoms with Crippen LogP contribution >= 0.6 is 0 Å². The Bertz CT molecular complexity index is 494. The molecule has 7 nitrogen and oxygen atoms in total. The molecule has 2 rings (SSSR count). The van der Waals surface area contributed by atoms with Crippen molar-refractivity contribution in [1.29, 1.82) is 0 Å². The lowest BCUT2D eigenvalue weighted by Crippen LogP contribution is -1.99. The number of anilines is 1. The lowest BCUT2D eigenvalue weighted by Gasteiger charge is -1.99. The zero-order valence-corrected chi connectivity index (χ0v) is 7.54. The highest BCUT2D eigenvalue weighted by Gasteiger charge is 2.13. The van der Waals surface area contributed by atoms with Crippen LogP contribution in [0.3, 0.4) is 0 Å². The lowest BCUT2D eigenvalue weighted by atomic mass is 10.2. The smallest absolute Gasteiger partial charge is 0.311 e. The quantitative estimate of drug-likeness (QED) is 0.560. The molecule has 0 atom stereocenters. The molecule has 2 heterocycles. The molecule has 15 heavy (non-hydrogen) atoms. The highest BCUT2D eigenvalue weighted by molar-refractivity contribution is 5.62. The van der Waals surface area contributed by atoms with Gasteiger partial charge in [0.15, 0.2) is 0 Å². The minimum Gasteiger partial charge on any atom is -0.378 e. The van der Waals surface area contributed by atoms with Crippen LogP contribution in [0.1, 0.15) is 0 Å². The Hall–Kier alpha value is -2.44. The topological polar surface area (TPSA) is 111 Å². The molecule has 0 radical (unpaired) electrons. The van der Waals surface area contributed by atoms with Crippen LogP contribution < -0.4 is 5.73 Å². The van der Waals surface area contributed by atoms with Crippen LogP contribution in [0.4, 0.5) is 11.5 Å². The number of nitrogen functional groups attached to an aromatic ring is 1. The third-order valence-corrected chi connectivity index (χ3v) is 1.87. The zero-order valence-electron chi connectivity index (χ0n) is 7.54. The monoisotopic (exact) mass is 205 g/mol. The Morgan fingerprint density at radius 1 is 1.47 bits per heavy atom. The fraction of sp³-hybridized carbons (Fsp3) is 0. The molecule has 0 spiro atoms. The number of H-pyrrole nitrogens is 1. The number of nitro groups is 1. The highest BCUT2D eigenvalue weighted by atomic mass is 16.6. The van der Waals surface area contributed by atoms with Gasteiger partial charge < -0.3 is 10.7 Å². The van der Waals surface area contributed by atoms with Crippen molar-refractivity contribution in [2.45, 2.75) is 0 Å². The van der Waals surface area contributed by atoms with E-state index in [9.17, 15) is 10.1 Å². The van der Waals surface area contributed by atoms with Crippen LogP contribution in [0.25, 0.3) is 11.4 Å². The Balaban J connectivity index is 2.47. The van der Waals surface area contributed by atoms with Gasteiger partial charge in [-0.3, -0.25) is 10.1 Å². The van der Waals surface area contributed by atoms with Crippen molar-refractivity contribution in [3.8, 4) is 11.4 Å². The van der Waals surface area contributed by atoms with Crippen LogP contribution in [0.15, 0.2) is 24.7 Å². The summed E-state index contributed by atoms with van der Waals surface area (Å²) >= 11 is 0. The van der Waals surface area contributed by atoms with Crippen molar-refractivity contribution >= 4 is 11.5 Å². The lowest BCUT2D eigenvalue weighted by molar-refractivity contribution is -0.384. The number of imidazole rings is 1. The van der Waals surface area contributed by atoms with E-state index in [0.717, 1.165) is 0 Å². The van der Waals surface area contributed by atoms with Gasteiger partial charge in [0.2, 0.25) is 5.82 Å². The predicted molar refractivity (Wildman–Crippen MR) is 52.9 cm³/mol. The van der Waals surface area contributed by atoms with Gasteiger partial charge in [-0.05, 0) is 6.07 Å². The molecular weight excluding hydrogens is 198 g/mol. The minimum absolute atomic E-state index is 0.105. The highest BCUT2D eigenvalue weighted by Crippen LogP contribution is 2.22. The van der Waals surface area contributed by atoms with Gasteiger partial charge in [-0.2, -0.15) is 0 Å². The van der Waals surface area contributed by atoms with Gasteiger partial charge in [0.05, 0.1) is 28.8 Å². The van der Waals surface area contributed by atoms with E-state index in [4.69, 9.17) is 5.73 Å². The molecule has 0 saturated carbocycles. The molecule has 0 bridgehead atoms. The largest absolute Gasteiger partial charge is 0.378 e. The number of aromatic nitrogens is 3. The van der Waals surface area contributed by atoms with Crippen molar-refractivity contribution in [3.63, 3.8) is 0 Å². The van der Waals surface area contributed by atoms with E-state index in [-0.39, 0.29) is 11.5 Å². The number of rotatable bonds is 2. The summed E-state index contributed by atoms with van der Waals surface area (Å²) < 4.78 is 0. The van der Waals surface area contributed by atoms with Crippen LogP contribution in [0.5, 0.6) is 0 Å². The molecule has 2 aromatic rings. The predicted octanol–water partition coefficient (Wildman–Crippen LogP) is 0.962. The normalized spacial score (nSPS) is 10.1. The number of nitrogens with zero attached hydrogens (tertiary/aromatic N) is 3. The third kappa shape index (κ3) is 1.62. The van der Waals surface area contributed by atoms with E-state index in [2.05, 4.69) is 15.0 Å². The van der Waals surface area contributed by atoms with Crippen molar-refractivity contribution in [2.24, 2.45) is 0 Å². The number of nitrogens with two attached hydrogens (primary N) is 1. The number of nitrogens with one attached hydrogen (secondary N) is 1. The average Bonchev–Trinajstić information content (AvgIpc) is 2.69. The van der Waals surface area contributed by atoms with Crippen molar-refractivity contribution in [3.05, 3.63) is 34.8 Å². The van der Waals surface area contributed by atoms with E-state index in [1.54, 1.807) is 6.20 Å². The second kappa shape index (κ2) is 3.37. The standard InChI is InChI=1S/C8H7N5O2/c9-8-7(13(14)15)2-1-5(12-8)6-3-10-4-11-6/h1-4H,(H2,9,12)(H,10,11). The maximum absolute atomic E-state index is 10.5. The summed E-state index contributed by atoms with van der Waals surface area (Å²) in [6, 6.07) is 2.83. The first-order chi connectivity index (χ1) is 7.18. The summed E-state index contributed by atoms with van der Waals surface area (Å²) in [6.07, 6.45) is 3.06. The van der Waals surface area contributed by atoms with Crippen LogP contribution in [-0.4, -0.2) is 19.9 Å². The molecule has 0 aromatic carbocycles. The number of aromatic amines is 1. The van der Waals surface area contributed by atoms with E-state index in [1.165, 1.54) is 18.5 Å². The van der Waals surface area contributed by atoms with Crippen LogP contribution in [0.2, 0.25) is 0 Å². The number of pyridine rings is 1. The molecule has 0 aliphatic rings. The summed E-state index contributed by atoms with van der Waals surface area (Å²) in [4.78, 5) is 20.5. The molecule has 0 aliphatic carbocycles. The molecule has 7 heteroatoms. The number of hydrogen-bond donors (Lipinski definition) is 2. The summed E-state index contributed by atoms with van der Waals surface area (Å²) in [7, 11) is 0. The zero-order chi connectivity index (χ0) is 10.8. The summed E-state index contributed by atoms with van der Waals surface area (Å²) in [5.41, 5.74) is 6.43. The average molecular weight is 205 g/mol. The van der Waals surface area contributed by atoms with Gasteiger partial charge >= 0.3 is 5.69 Å². The fourth-order valence-electron chi connectivity index (χ4n) is 1.17. The van der Waals surface area contributed by atoms with Gasteiger partial charge in [-0.1, -0.05) is 0 Å². The first kappa shape index (κ1) is 9.13. The fourth-order valence-corrected chi connectivity index (χ4v) is 1.17. The Morgan fingerprint density at radius 3 is 2.80 bits per heavy atom. The van der Waals surface area contributed by atoms with Crippen LogP contribution in [-0.2, 0) is 0 Å². The first-order valence-electron chi connectivity index (χ1n) is 4.08. The molecular formula is C8H7N5O2. The minimum atomic E-state index is -0.570. The van der Waals surface area contributed by atoms with Gasteiger partial charge in [0.25, 0.3) is 0 Å². The summed E-state index contributed by atoms with van der Waals surface area (Å²) in [5.74, 6) is -0.105. The van der Waals surface area contributed by atoms with E-state index in [0.29, 0.717) is 11.4 Å². The van der Waals surface area contributed by atoms with Gasteiger partial charge in [-0.15, -0.1) is 0 Å². The van der Waals surface area contributed by atoms with Crippen molar-refractivity contribution in [1.82, 2.24) is 15.0 Å². The van der Waals surface area contributed by atoms with E-state index in [1.807, 2.05) is 0 Å². The maximum atomic E-state index is 10.5. The summed E-state index contributed by atoms with van der Waals surface area (Å²) in [6.45, 7) is 0. The van der Waals surface area contributed by atoms with E-state index < -0.39 is 4.92 Å². The second-order valence-electron chi connectivity index (χ2n) is 2.82. The maximum Gasteiger partial charge on any atom is 0.311 e. The molecule has 0 fully saturated rings. The Labute approximate surface area is 84.1 Å². The van der Waals surface area contributed by atoms with Gasteiger partial charge in [0.1, 0.15) is 0 Å². The van der Waals surface area contributed by atoms with Crippen molar-refractivity contribution < 1.29 is 4.92 Å². The van der Waals surface area contributed by atoms with Crippen molar-refractivity contribution in [2.75, 3.05) is 5.73 Å². The molecule has 76 valence electrons. The van der Waals surface area contributed by atoms with E-state index >= 15 is 0 Å². The molecule has 2 aromatic heterocycles. The first-order valence-corrected chi connectivity index (χ1v) is 4.08. The molecule has 0 unspecified atom stereocenters. The van der Waals surface area contributed by atoms with Gasteiger partial charge in [0, 0.05) is 6.07 Å². The van der Waals surface area contributed by atoms with Gasteiger partial charge in [-0.25, -0.2) is 9.97 Å². The van der Waals surface area contributed by atoms with Crippen LogP contribution in [0, 0.1) is 10.1 Å². The summed E-state index contributed by atoms with van der Waals surface area (Å²) in [5, 5.41) is 10.5.